The number of methoxy groups -OCH3 is 1. The van der Waals surface area contributed by atoms with Crippen LogP contribution in [0.3, 0.4) is 0 Å². The first kappa shape index (κ1) is 8.06. The van der Waals surface area contributed by atoms with Gasteiger partial charge in [0.25, 0.3) is 0 Å². The van der Waals surface area contributed by atoms with Crippen LogP contribution in [0.15, 0.2) is 0 Å². The molecule has 0 bridgehead atoms. The third-order valence-corrected chi connectivity index (χ3v) is 2.47. The van der Waals surface area contributed by atoms with Gasteiger partial charge in [0.15, 0.2) is 0 Å². The van der Waals surface area contributed by atoms with Crippen molar-refractivity contribution in [2.45, 2.75) is 39.2 Å². The molecule has 0 spiro atoms. The fraction of sp³-hybridized carbons (Fsp3) is 1.00. The zero-order valence-corrected chi connectivity index (χ0v) is 7.26. The molecule has 0 heterocycles. The molecule has 0 saturated heterocycles. The molecule has 2 unspecified atom stereocenters. The summed E-state index contributed by atoms with van der Waals surface area (Å²) in [5.74, 6) is 1.74. The second-order valence-corrected chi connectivity index (χ2v) is 3.78. The van der Waals surface area contributed by atoms with Gasteiger partial charge in [0.05, 0.1) is 6.10 Å². The standard InChI is InChI=1S/C9H18O/c1-7-4-8(2)6-9(5-7)10-3/h7-9H,4-6H2,1-3H3/t7-,8?,9?/m1/s1. The number of ether oxygens (including phenoxy) is 1. The molecule has 3 atom stereocenters. The Morgan fingerprint density at radius 2 is 1.50 bits per heavy atom. The average Bonchev–Trinajstić information content (AvgIpc) is 1.85. The van der Waals surface area contributed by atoms with Crippen molar-refractivity contribution >= 4 is 0 Å². The Labute approximate surface area is 63.8 Å². The molecule has 1 aliphatic carbocycles. The van der Waals surface area contributed by atoms with Gasteiger partial charge in [-0.25, -0.2) is 0 Å². The lowest BCUT2D eigenvalue weighted by molar-refractivity contribution is 0.0355. The smallest absolute Gasteiger partial charge is 0.0576 e. The fourth-order valence-electron chi connectivity index (χ4n) is 2.07. The van der Waals surface area contributed by atoms with Crippen molar-refractivity contribution in [1.82, 2.24) is 0 Å². The van der Waals surface area contributed by atoms with Crippen LogP contribution < -0.4 is 0 Å². The summed E-state index contributed by atoms with van der Waals surface area (Å²) in [6.07, 6.45) is 4.46. The van der Waals surface area contributed by atoms with Gasteiger partial charge in [-0.15, -0.1) is 0 Å². The Balaban J connectivity index is 2.35. The fourth-order valence-corrected chi connectivity index (χ4v) is 2.07. The molecular formula is C9H18O. The van der Waals surface area contributed by atoms with Gasteiger partial charge in [0.1, 0.15) is 0 Å². The summed E-state index contributed by atoms with van der Waals surface area (Å²) in [6.45, 7) is 4.64. The van der Waals surface area contributed by atoms with E-state index in [1.54, 1.807) is 0 Å². The van der Waals surface area contributed by atoms with Gasteiger partial charge in [-0.3, -0.25) is 0 Å². The zero-order valence-electron chi connectivity index (χ0n) is 7.26. The molecule has 0 aromatic rings. The molecule has 0 aromatic heterocycles. The highest BCUT2D eigenvalue weighted by molar-refractivity contribution is 4.74. The van der Waals surface area contributed by atoms with E-state index in [0.29, 0.717) is 6.10 Å². The molecule has 1 heteroatoms. The average molecular weight is 142 g/mol. The summed E-state index contributed by atoms with van der Waals surface area (Å²) in [7, 11) is 1.83. The molecule has 1 rings (SSSR count). The second-order valence-electron chi connectivity index (χ2n) is 3.78. The summed E-state index contributed by atoms with van der Waals surface area (Å²) in [6, 6.07) is 0. The first-order chi connectivity index (χ1) is 4.72. The van der Waals surface area contributed by atoms with Gasteiger partial charge in [0, 0.05) is 7.11 Å². The minimum absolute atomic E-state index is 0.541. The molecule has 0 aliphatic heterocycles. The largest absolute Gasteiger partial charge is 0.381 e. The van der Waals surface area contributed by atoms with Gasteiger partial charge in [-0.2, -0.15) is 0 Å². The van der Waals surface area contributed by atoms with E-state index in [1.165, 1.54) is 19.3 Å². The van der Waals surface area contributed by atoms with Crippen molar-refractivity contribution in [2.24, 2.45) is 11.8 Å². The van der Waals surface area contributed by atoms with Crippen molar-refractivity contribution in [3.63, 3.8) is 0 Å². The summed E-state index contributed by atoms with van der Waals surface area (Å²) in [5, 5.41) is 0. The van der Waals surface area contributed by atoms with E-state index in [1.807, 2.05) is 7.11 Å². The lowest BCUT2D eigenvalue weighted by Crippen LogP contribution is -2.24. The highest BCUT2D eigenvalue weighted by atomic mass is 16.5. The van der Waals surface area contributed by atoms with Crippen molar-refractivity contribution in [3.8, 4) is 0 Å². The van der Waals surface area contributed by atoms with Gasteiger partial charge >= 0.3 is 0 Å². The molecule has 1 nitrogen and oxygen atoms in total. The van der Waals surface area contributed by atoms with Gasteiger partial charge < -0.3 is 4.74 Å². The maximum atomic E-state index is 5.33. The Bertz CT molecular complexity index is 90.9. The molecule has 1 saturated carbocycles. The maximum absolute atomic E-state index is 5.33. The summed E-state index contributed by atoms with van der Waals surface area (Å²) < 4.78 is 5.33. The van der Waals surface area contributed by atoms with E-state index < -0.39 is 0 Å². The van der Waals surface area contributed by atoms with Crippen LogP contribution in [0.5, 0.6) is 0 Å². The maximum Gasteiger partial charge on any atom is 0.0576 e. The SMILES string of the molecule is COC1CC(C)C[C@@H](C)C1. The Kier molecular flexibility index (Phi) is 2.72. The third kappa shape index (κ3) is 1.98. The highest BCUT2D eigenvalue weighted by Gasteiger charge is 2.22. The Morgan fingerprint density at radius 1 is 1.00 bits per heavy atom. The monoisotopic (exact) mass is 142 g/mol. The van der Waals surface area contributed by atoms with Crippen LogP contribution in [0.2, 0.25) is 0 Å². The normalized spacial score (nSPS) is 41.7. The predicted octanol–water partition coefficient (Wildman–Crippen LogP) is 2.46. The van der Waals surface area contributed by atoms with Crippen LogP contribution >= 0.6 is 0 Å². The molecule has 0 amide bonds. The van der Waals surface area contributed by atoms with E-state index >= 15 is 0 Å². The van der Waals surface area contributed by atoms with Gasteiger partial charge in [-0.1, -0.05) is 13.8 Å². The number of hydrogen-bond donors (Lipinski definition) is 0. The molecular weight excluding hydrogens is 124 g/mol. The molecule has 0 N–H and O–H groups in total. The minimum atomic E-state index is 0.541. The van der Waals surface area contributed by atoms with E-state index in [4.69, 9.17) is 4.74 Å². The number of hydrogen-bond acceptors (Lipinski definition) is 1. The molecule has 0 radical (unpaired) electrons. The molecule has 0 aromatic carbocycles. The molecule has 1 fully saturated rings. The van der Waals surface area contributed by atoms with E-state index in [-0.39, 0.29) is 0 Å². The Hall–Kier alpha value is -0.0400. The quantitative estimate of drug-likeness (QED) is 0.546. The first-order valence-corrected chi connectivity index (χ1v) is 4.25. The lowest BCUT2D eigenvalue weighted by atomic mass is 9.82. The minimum Gasteiger partial charge on any atom is -0.381 e. The summed E-state index contributed by atoms with van der Waals surface area (Å²) in [4.78, 5) is 0. The van der Waals surface area contributed by atoms with E-state index in [9.17, 15) is 0 Å². The van der Waals surface area contributed by atoms with Crippen LogP contribution in [0.4, 0.5) is 0 Å². The third-order valence-electron chi connectivity index (χ3n) is 2.47. The first-order valence-electron chi connectivity index (χ1n) is 4.25. The second kappa shape index (κ2) is 3.38. The Morgan fingerprint density at radius 3 is 1.90 bits per heavy atom. The van der Waals surface area contributed by atoms with Gasteiger partial charge in [0.2, 0.25) is 0 Å². The molecule has 10 heavy (non-hydrogen) atoms. The zero-order chi connectivity index (χ0) is 7.56. The molecule has 60 valence electrons. The lowest BCUT2D eigenvalue weighted by Gasteiger charge is -2.30. The predicted molar refractivity (Wildman–Crippen MR) is 43.0 cm³/mol. The van der Waals surface area contributed by atoms with Crippen molar-refractivity contribution < 1.29 is 4.74 Å². The van der Waals surface area contributed by atoms with E-state index in [2.05, 4.69) is 13.8 Å². The molecule has 1 aliphatic rings. The van der Waals surface area contributed by atoms with Crippen LogP contribution in [0, 0.1) is 11.8 Å². The van der Waals surface area contributed by atoms with E-state index in [0.717, 1.165) is 11.8 Å². The van der Waals surface area contributed by atoms with Crippen LogP contribution in [-0.2, 0) is 4.74 Å². The van der Waals surface area contributed by atoms with Crippen LogP contribution in [0.25, 0.3) is 0 Å². The summed E-state index contributed by atoms with van der Waals surface area (Å²) >= 11 is 0. The van der Waals surface area contributed by atoms with Crippen molar-refractivity contribution in [3.05, 3.63) is 0 Å². The van der Waals surface area contributed by atoms with Crippen LogP contribution in [0.1, 0.15) is 33.1 Å². The van der Waals surface area contributed by atoms with Crippen LogP contribution in [-0.4, -0.2) is 13.2 Å². The van der Waals surface area contributed by atoms with Crippen molar-refractivity contribution in [2.75, 3.05) is 7.11 Å². The summed E-state index contributed by atoms with van der Waals surface area (Å²) in [5.41, 5.74) is 0. The number of rotatable bonds is 1. The van der Waals surface area contributed by atoms with Gasteiger partial charge in [-0.05, 0) is 31.1 Å². The van der Waals surface area contributed by atoms with Crippen molar-refractivity contribution in [1.29, 1.82) is 0 Å². The topological polar surface area (TPSA) is 9.23 Å². The highest BCUT2D eigenvalue weighted by Crippen LogP contribution is 2.29.